The Morgan fingerprint density at radius 2 is 1.37 bits per heavy atom. The van der Waals surface area contributed by atoms with E-state index < -0.39 is 20.7 Å². The van der Waals surface area contributed by atoms with E-state index in [1.807, 2.05) is 69.3 Å². The number of hydrogen-bond donors (Lipinski definition) is 0. The van der Waals surface area contributed by atoms with Gasteiger partial charge in [-0.2, -0.15) is 8.42 Å². The lowest BCUT2D eigenvalue weighted by Gasteiger charge is -2.14. The van der Waals surface area contributed by atoms with E-state index in [9.17, 15) is 8.42 Å². The molecule has 5 heteroatoms. The first-order valence-electron chi connectivity index (χ1n) is 8.73. The zero-order chi connectivity index (χ0) is 19.4. The average molecular weight is 398 g/mol. The summed E-state index contributed by atoms with van der Waals surface area (Å²) >= 11 is 0. The second-order valence-electron chi connectivity index (χ2n) is 6.58. The maximum atomic E-state index is 13.0. The lowest BCUT2D eigenvalue weighted by atomic mass is 10.2. The third kappa shape index (κ3) is 4.73. The summed E-state index contributed by atoms with van der Waals surface area (Å²) in [6.45, 7) is 5.97. The normalized spacial score (nSPS) is 12.9. The van der Waals surface area contributed by atoms with Gasteiger partial charge < -0.3 is 0 Å². The summed E-state index contributed by atoms with van der Waals surface area (Å²) in [4.78, 5) is 1.25. The van der Waals surface area contributed by atoms with Crippen molar-refractivity contribution in [2.45, 2.75) is 36.3 Å². The minimum atomic E-state index is -3.74. The molecule has 140 valence electrons. The topological polar surface area (TPSA) is 46.5 Å². The molecule has 0 saturated heterocycles. The Hall–Kier alpha value is -2.24. The first kappa shape index (κ1) is 19.5. The minimum Gasteiger partial charge on any atom is -0.199 e. The van der Waals surface area contributed by atoms with E-state index >= 15 is 0 Å². The van der Waals surface area contributed by atoms with Gasteiger partial charge in [-0.1, -0.05) is 66.2 Å². The fourth-order valence-electron chi connectivity index (χ4n) is 2.91. The predicted molar refractivity (Wildman–Crippen MR) is 112 cm³/mol. The van der Waals surface area contributed by atoms with Gasteiger partial charge in [-0.05, 0) is 60.3 Å². The van der Waals surface area contributed by atoms with Crippen molar-refractivity contribution in [3.63, 3.8) is 0 Å². The molecular weight excluding hydrogens is 374 g/mol. The van der Waals surface area contributed by atoms with Gasteiger partial charge in [0.2, 0.25) is 0 Å². The molecular formula is C22H23NO2S2. The van der Waals surface area contributed by atoms with E-state index in [1.54, 1.807) is 24.3 Å². The number of aryl methyl sites for hydroxylation is 3. The van der Waals surface area contributed by atoms with Gasteiger partial charge in [0.25, 0.3) is 10.0 Å². The zero-order valence-corrected chi connectivity index (χ0v) is 17.3. The summed E-state index contributed by atoms with van der Waals surface area (Å²) in [7, 11) is -4.54. The molecule has 0 fully saturated rings. The Morgan fingerprint density at radius 1 is 0.778 bits per heavy atom. The van der Waals surface area contributed by atoms with Crippen molar-refractivity contribution < 1.29 is 8.42 Å². The Kier molecular flexibility index (Phi) is 5.92. The zero-order valence-electron chi connectivity index (χ0n) is 15.7. The molecule has 3 aromatic carbocycles. The molecule has 0 aliphatic carbocycles. The monoisotopic (exact) mass is 397 g/mol. The molecule has 0 aliphatic heterocycles. The van der Waals surface area contributed by atoms with Crippen molar-refractivity contribution >= 4 is 20.7 Å². The molecule has 0 bridgehead atoms. The van der Waals surface area contributed by atoms with E-state index in [4.69, 9.17) is 0 Å². The van der Waals surface area contributed by atoms with E-state index in [1.165, 1.54) is 0 Å². The van der Waals surface area contributed by atoms with E-state index in [0.717, 1.165) is 27.1 Å². The molecule has 27 heavy (non-hydrogen) atoms. The van der Waals surface area contributed by atoms with Crippen LogP contribution in [-0.4, -0.2) is 8.42 Å². The van der Waals surface area contributed by atoms with E-state index in [2.05, 4.69) is 3.77 Å². The van der Waals surface area contributed by atoms with Crippen molar-refractivity contribution in [1.82, 2.24) is 0 Å². The molecule has 3 rings (SSSR count). The van der Waals surface area contributed by atoms with Crippen LogP contribution >= 0.6 is 0 Å². The molecule has 0 N–H and O–H groups in total. The molecule has 0 amide bonds. The molecule has 0 aromatic heterocycles. The molecule has 3 nitrogen and oxygen atoms in total. The van der Waals surface area contributed by atoms with Gasteiger partial charge in [0, 0.05) is 10.6 Å². The van der Waals surface area contributed by atoms with Crippen molar-refractivity contribution in [2.24, 2.45) is 3.77 Å². The summed E-state index contributed by atoms with van der Waals surface area (Å²) < 4.78 is 30.4. The van der Waals surface area contributed by atoms with Gasteiger partial charge in [-0.3, -0.25) is 0 Å². The number of nitrogens with zero attached hydrogens (tertiary/aromatic N) is 1. The molecule has 1 atom stereocenters. The number of rotatable bonds is 5. The molecule has 0 aliphatic rings. The van der Waals surface area contributed by atoms with E-state index in [0.29, 0.717) is 5.75 Å². The van der Waals surface area contributed by atoms with Crippen molar-refractivity contribution in [1.29, 1.82) is 0 Å². The van der Waals surface area contributed by atoms with Crippen LogP contribution in [0.5, 0.6) is 0 Å². The summed E-state index contributed by atoms with van der Waals surface area (Å²) in [6.07, 6.45) is 0. The molecule has 0 heterocycles. The van der Waals surface area contributed by atoms with Crippen LogP contribution in [0.2, 0.25) is 0 Å². The molecule has 0 saturated carbocycles. The van der Waals surface area contributed by atoms with Gasteiger partial charge in [0.1, 0.15) is 0 Å². The second-order valence-corrected chi connectivity index (χ2v) is 10.0. The van der Waals surface area contributed by atoms with Gasteiger partial charge in [-0.25, -0.2) is 0 Å². The Bertz CT molecular complexity index is 1050. The summed E-state index contributed by atoms with van der Waals surface area (Å²) in [5.74, 6) is 0.567. The van der Waals surface area contributed by atoms with Crippen molar-refractivity contribution in [3.8, 4) is 0 Å². The van der Waals surface area contributed by atoms with Crippen LogP contribution in [0.1, 0.15) is 22.3 Å². The molecule has 1 unspecified atom stereocenters. The van der Waals surface area contributed by atoms with Gasteiger partial charge >= 0.3 is 0 Å². The highest BCUT2D eigenvalue weighted by Crippen LogP contribution is 2.25. The lowest BCUT2D eigenvalue weighted by molar-refractivity contribution is 0.598. The van der Waals surface area contributed by atoms with Crippen LogP contribution in [-0.2, 0) is 26.5 Å². The van der Waals surface area contributed by atoms with Crippen LogP contribution in [0.4, 0.5) is 0 Å². The highest BCUT2D eigenvalue weighted by atomic mass is 32.3. The first-order valence-corrected chi connectivity index (χ1v) is 11.5. The SMILES string of the molecule is Cc1ccc(S(=O)(=O)N=S(Cc2ccccc2)c2c(C)cccc2C)cc1. The van der Waals surface area contributed by atoms with Crippen LogP contribution in [0.3, 0.4) is 0 Å². The first-order chi connectivity index (χ1) is 12.9. The number of benzene rings is 3. The lowest BCUT2D eigenvalue weighted by Crippen LogP contribution is -2.06. The molecule has 3 aromatic rings. The highest BCUT2D eigenvalue weighted by Gasteiger charge is 2.17. The van der Waals surface area contributed by atoms with Crippen LogP contribution in [0.25, 0.3) is 0 Å². The Morgan fingerprint density at radius 3 is 1.96 bits per heavy atom. The predicted octanol–water partition coefficient (Wildman–Crippen LogP) is 5.36. The number of sulfonamides is 1. The van der Waals surface area contributed by atoms with Crippen molar-refractivity contribution in [2.75, 3.05) is 0 Å². The summed E-state index contributed by atoms with van der Waals surface area (Å²) in [5, 5.41) is 0. The molecule has 0 radical (unpaired) electrons. The Balaban J connectivity index is 2.14. The van der Waals surface area contributed by atoms with E-state index in [-0.39, 0.29) is 4.90 Å². The van der Waals surface area contributed by atoms with Crippen molar-refractivity contribution in [3.05, 3.63) is 95.1 Å². The standard InChI is InChI=1S/C22H23NO2S2/c1-17-12-14-21(15-13-17)27(24,25)23-26(16-20-10-5-4-6-11-20)22-18(2)8-7-9-19(22)3/h4-15H,16H2,1-3H3. The molecule has 0 spiro atoms. The quantitative estimate of drug-likeness (QED) is 0.582. The Labute approximate surface area is 164 Å². The fourth-order valence-corrected chi connectivity index (χ4v) is 6.72. The summed E-state index contributed by atoms with van der Waals surface area (Å²) in [6, 6.07) is 22.8. The summed E-state index contributed by atoms with van der Waals surface area (Å²) in [5.41, 5.74) is 4.23. The van der Waals surface area contributed by atoms with Gasteiger partial charge in [0.15, 0.2) is 0 Å². The highest BCUT2D eigenvalue weighted by molar-refractivity contribution is 7.99. The third-order valence-corrected chi connectivity index (χ3v) is 8.39. The van der Waals surface area contributed by atoms with Crippen LogP contribution in [0, 0.1) is 20.8 Å². The maximum Gasteiger partial charge on any atom is 0.288 e. The average Bonchev–Trinajstić information content (AvgIpc) is 2.62. The smallest absolute Gasteiger partial charge is 0.199 e. The minimum absolute atomic E-state index is 0.241. The van der Waals surface area contributed by atoms with Crippen LogP contribution in [0.15, 0.2) is 86.4 Å². The maximum absolute atomic E-state index is 13.0. The third-order valence-electron chi connectivity index (χ3n) is 4.30. The second kappa shape index (κ2) is 8.19. The number of hydrogen-bond acceptors (Lipinski definition) is 2. The largest absolute Gasteiger partial charge is 0.288 e. The van der Waals surface area contributed by atoms with Gasteiger partial charge in [-0.15, -0.1) is 3.77 Å². The fraction of sp³-hybridized carbons (Fsp3) is 0.182. The van der Waals surface area contributed by atoms with Crippen LogP contribution < -0.4 is 0 Å². The van der Waals surface area contributed by atoms with Gasteiger partial charge in [0.05, 0.1) is 4.90 Å².